The van der Waals surface area contributed by atoms with Crippen molar-refractivity contribution in [2.75, 3.05) is 138 Å². The second-order valence-corrected chi connectivity index (χ2v) is 33.6. The fourth-order valence-electron chi connectivity index (χ4n) is 14.3. The van der Waals surface area contributed by atoms with E-state index in [1.807, 2.05) is 134 Å². The van der Waals surface area contributed by atoms with E-state index < -0.39 is 0 Å². The zero-order chi connectivity index (χ0) is 101. The number of hydrogen-bond acceptors (Lipinski definition) is 18. The molecule has 0 aliphatic carbocycles. The molecule has 0 fully saturated rings. The van der Waals surface area contributed by atoms with Gasteiger partial charge in [-0.25, -0.2) is 0 Å². The molecule has 0 aromatic heterocycles. The Morgan fingerprint density at radius 2 is 0.537 bits per heavy atom. The lowest BCUT2D eigenvalue weighted by Crippen LogP contribution is -2.31. The molecule has 0 aliphatic heterocycles. The van der Waals surface area contributed by atoms with Crippen LogP contribution in [0.5, 0.6) is 34.5 Å². The van der Waals surface area contributed by atoms with E-state index in [4.69, 9.17) is 72.8 Å². The molecule has 0 bridgehead atoms. The Balaban J connectivity index is 0.000000422. The first-order valence-corrected chi connectivity index (χ1v) is 46.9. The SMILES string of the molecule is C#CCN(CC#C)c1ccc(/C=C(/C)C#N)c(OC)c1.C=CCN(CC=C)c1ccc(/C=C(/C)C#N)c(OC)c1.CCCCCN(CCCCC)c1ccc(/C=C(/C)C#N)c(OC)c1.CCCCN(CCCC)c1ccc(/C=C(/C)C#N)c(OC)c1.COc1cc(N(CC(C)C)CC(C)C)ccc1/C=C(/C)C#N.COc1cc(N(Cc2ccccc2)Cc2ccccc2)ccc1/C=C(/C)C#N. The molecule has 8 rings (SSSR count). The predicted octanol–water partition coefficient (Wildman–Crippen LogP) is 27.9. The average molecular weight is 1830 g/mol. The van der Waals surface area contributed by atoms with Crippen LogP contribution in [0.1, 0.15) is 206 Å². The summed E-state index contributed by atoms with van der Waals surface area (Å²) in [5.41, 5.74) is 18.5. The number of unbranched alkanes of at least 4 members (excludes halogenated alkanes) is 6. The number of anilines is 6. The number of hydrogen-bond donors (Lipinski definition) is 0. The highest BCUT2D eigenvalue weighted by atomic mass is 16.5. The van der Waals surface area contributed by atoms with Gasteiger partial charge in [-0.05, 0) is 199 Å². The summed E-state index contributed by atoms with van der Waals surface area (Å²) >= 11 is 0. The maximum absolute atomic E-state index is 9.06. The molecule has 18 nitrogen and oxygen atoms in total. The highest BCUT2D eigenvalue weighted by Gasteiger charge is 2.19. The van der Waals surface area contributed by atoms with E-state index in [0.29, 0.717) is 64.1 Å². The van der Waals surface area contributed by atoms with Gasteiger partial charge in [0.25, 0.3) is 0 Å². The second kappa shape index (κ2) is 67.5. The molecule has 0 saturated heterocycles. The van der Waals surface area contributed by atoms with Crippen LogP contribution in [0.2, 0.25) is 0 Å². The largest absolute Gasteiger partial charge is 0.496 e. The van der Waals surface area contributed by atoms with E-state index >= 15 is 0 Å². The van der Waals surface area contributed by atoms with Gasteiger partial charge in [-0.3, -0.25) is 0 Å². The number of nitrogens with zero attached hydrogens (tertiary/aromatic N) is 12. The van der Waals surface area contributed by atoms with Gasteiger partial charge in [0.05, 0.1) is 92.2 Å². The van der Waals surface area contributed by atoms with Crippen LogP contribution >= 0.6 is 0 Å². The van der Waals surface area contributed by atoms with Crippen LogP contribution in [-0.4, -0.2) is 108 Å². The third-order valence-corrected chi connectivity index (χ3v) is 21.3. The van der Waals surface area contributed by atoms with Crippen molar-refractivity contribution in [3.05, 3.63) is 273 Å². The first-order valence-electron chi connectivity index (χ1n) is 46.9. The summed E-state index contributed by atoms with van der Waals surface area (Å²) in [6.07, 6.45) is 37.7. The highest BCUT2D eigenvalue weighted by molar-refractivity contribution is 5.73. The number of methoxy groups -OCH3 is 6. The lowest BCUT2D eigenvalue weighted by Gasteiger charge is -2.29. The summed E-state index contributed by atoms with van der Waals surface area (Å²) in [6.45, 7) is 46.4. The maximum Gasteiger partial charge on any atom is 0.128 e. The van der Waals surface area contributed by atoms with Crippen molar-refractivity contribution in [2.45, 2.75) is 174 Å². The lowest BCUT2D eigenvalue weighted by atomic mass is 10.1. The van der Waals surface area contributed by atoms with E-state index in [1.54, 1.807) is 76.4 Å². The summed E-state index contributed by atoms with van der Waals surface area (Å²) in [5.74, 6) is 11.0. The van der Waals surface area contributed by atoms with Gasteiger partial charge >= 0.3 is 0 Å². The monoisotopic (exact) mass is 1830 g/mol. The third-order valence-electron chi connectivity index (χ3n) is 21.3. The summed E-state index contributed by atoms with van der Waals surface area (Å²) in [4.78, 5) is 13.7. The van der Waals surface area contributed by atoms with E-state index in [1.165, 1.54) is 92.4 Å². The third kappa shape index (κ3) is 42.9. The smallest absolute Gasteiger partial charge is 0.128 e. The second-order valence-electron chi connectivity index (χ2n) is 33.6. The van der Waals surface area contributed by atoms with E-state index in [0.717, 1.165) is 145 Å². The molecule has 8 aromatic rings. The molecular weight excluding hydrogens is 1680 g/mol. The standard InChI is InChI=1S/C25H24N2O.C21H32N2O.2C19H28N2O.C17H20N2O.C17H16N2O/c1-20(17-26)15-23-13-14-24(16-25(23)28-2)27(18-21-9-5-3-6-10-21)19-22-11-7-4-8-12-22;1-5-7-9-13-23(14-10-8-6-2)20-12-11-19(15-18(3)17-22)21(16-20)24-4;1-14(2)12-21(13-15(3)4)18-8-7-17(9-16(5)11-20)19(10-18)22-6;1-5-7-11-21(12-8-6-2)18-10-9-17(13-16(3)15-20)19(14-18)22-4;2*1-5-9-19(10-6-2)16-8-7-15(11-14(3)13-18)17(12-16)20-4/h3-16H,18-19H2,1-2H3;11-12,15-16H,5-10,13-14H2,1-4H3;7-10,14-15H,12-13H2,1-6H3;9-10,13-14H,5-8,11-12H2,1-4H3;5-8,11-12H,1-2,9-10H2,3-4H3;1-2,7-8,11-12H,9-10H2,3-4H3/b20-15-;18-15-;16-9-;16-13-;2*14-11-. The zero-order valence-electron chi connectivity index (χ0n) is 84.9. The Labute approximate surface area is 817 Å². The van der Waals surface area contributed by atoms with Crippen LogP contribution in [0.3, 0.4) is 0 Å². The van der Waals surface area contributed by atoms with E-state index in [-0.39, 0.29) is 0 Å². The van der Waals surface area contributed by atoms with Crippen molar-refractivity contribution >= 4 is 70.6 Å². The molecule has 0 atom stereocenters. The molecule has 0 N–H and O–H groups in total. The molecule has 0 heterocycles. The van der Waals surface area contributed by atoms with Gasteiger partial charge in [-0.15, -0.1) is 26.0 Å². The Morgan fingerprint density at radius 1 is 0.309 bits per heavy atom. The predicted molar refractivity (Wildman–Crippen MR) is 574 cm³/mol. The normalized spacial score (nSPS) is 11.0. The van der Waals surface area contributed by atoms with Gasteiger partial charge in [-0.2, -0.15) is 31.6 Å². The van der Waals surface area contributed by atoms with Crippen molar-refractivity contribution < 1.29 is 28.4 Å². The van der Waals surface area contributed by atoms with Crippen LogP contribution < -0.4 is 57.8 Å². The molecule has 0 saturated carbocycles. The molecule has 18 heteroatoms. The maximum atomic E-state index is 9.06. The van der Waals surface area contributed by atoms with Crippen LogP contribution in [0.4, 0.5) is 34.1 Å². The summed E-state index contributed by atoms with van der Waals surface area (Å²) in [6, 6.07) is 70.2. The first-order chi connectivity index (χ1) is 65.7. The number of terminal acetylenes is 2. The van der Waals surface area contributed by atoms with Crippen LogP contribution in [0, 0.1) is 105 Å². The topological polar surface area (TPSA) is 218 Å². The van der Waals surface area contributed by atoms with Gasteiger partial charge in [0.2, 0.25) is 0 Å². The van der Waals surface area contributed by atoms with Gasteiger partial charge < -0.3 is 57.8 Å². The quantitative estimate of drug-likeness (QED) is 0.0150. The minimum absolute atomic E-state index is 0.430. The molecule has 136 heavy (non-hydrogen) atoms. The minimum atomic E-state index is 0.430. The fourth-order valence-corrected chi connectivity index (χ4v) is 14.3. The molecule has 716 valence electrons. The van der Waals surface area contributed by atoms with Crippen molar-refractivity contribution in [3.8, 4) is 95.6 Å². The van der Waals surface area contributed by atoms with E-state index in [9.17, 15) is 0 Å². The number of allylic oxidation sites excluding steroid dienone is 6. The Kier molecular flexibility index (Phi) is 57.3. The van der Waals surface area contributed by atoms with Gasteiger partial charge in [-0.1, -0.05) is 179 Å². The average Bonchev–Trinajstić information content (AvgIpc) is 0.808. The number of ether oxygens (including phenoxy) is 6. The number of rotatable bonds is 46. The molecule has 0 unspecified atom stereocenters. The van der Waals surface area contributed by atoms with Gasteiger partial charge in [0.1, 0.15) is 34.5 Å². The Bertz CT molecular complexity index is 5430. The van der Waals surface area contributed by atoms with Crippen molar-refractivity contribution in [1.29, 1.82) is 31.6 Å². The molecular formula is C118H148N12O6. The van der Waals surface area contributed by atoms with Crippen molar-refractivity contribution in [2.24, 2.45) is 11.8 Å². The van der Waals surface area contributed by atoms with Crippen molar-refractivity contribution in [1.82, 2.24) is 0 Å². The summed E-state index contributed by atoms with van der Waals surface area (Å²) in [5, 5.41) is 53.6. The zero-order valence-corrected chi connectivity index (χ0v) is 84.9. The number of nitriles is 6. The Morgan fingerprint density at radius 3 is 0.757 bits per heavy atom. The Hall–Kier alpha value is -14.7. The van der Waals surface area contributed by atoms with E-state index in [2.05, 4.69) is 238 Å². The lowest BCUT2D eigenvalue weighted by molar-refractivity contribution is 0.413. The summed E-state index contributed by atoms with van der Waals surface area (Å²) in [7, 11) is 9.93. The van der Waals surface area contributed by atoms with Crippen molar-refractivity contribution in [3.63, 3.8) is 0 Å². The number of benzene rings is 8. The fraction of sp³-hybridized carbons (Fsp3) is 0.373. The molecule has 0 amide bonds. The highest BCUT2D eigenvalue weighted by Crippen LogP contribution is 2.36. The minimum Gasteiger partial charge on any atom is -0.496 e. The molecule has 0 aliphatic rings. The first kappa shape index (κ1) is 116. The van der Waals surface area contributed by atoms with Gasteiger partial charge in [0.15, 0.2) is 0 Å². The molecule has 8 aromatic carbocycles. The van der Waals surface area contributed by atoms with Crippen LogP contribution in [0.25, 0.3) is 36.5 Å². The molecule has 0 spiro atoms. The van der Waals surface area contributed by atoms with Gasteiger partial charge in [0, 0.05) is 203 Å². The molecule has 0 radical (unpaired) electrons. The van der Waals surface area contributed by atoms with Crippen LogP contribution in [-0.2, 0) is 13.1 Å². The van der Waals surface area contributed by atoms with Crippen LogP contribution in [0.15, 0.2) is 229 Å². The summed E-state index contributed by atoms with van der Waals surface area (Å²) < 4.78 is 32.9.